The number of carbonyl (C=O) groups excluding carboxylic acids is 1. The molecule has 0 aromatic heterocycles. The topological polar surface area (TPSA) is 86.1 Å². The molecule has 0 saturated heterocycles. The summed E-state index contributed by atoms with van der Waals surface area (Å²) in [4.78, 5) is 11.5. The summed E-state index contributed by atoms with van der Waals surface area (Å²) in [5.41, 5.74) is 0.417. The van der Waals surface area contributed by atoms with Crippen molar-refractivity contribution in [1.82, 2.24) is 5.32 Å². The van der Waals surface area contributed by atoms with Crippen LogP contribution in [0.1, 0.15) is 5.56 Å². The van der Waals surface area contributed by atoms with Crippen LogP contribution >= 0.6 is 23.2 Å². The van der Waals surface area contributed by atoms with E-state index in [0.717, 1.165) is 0 Å². The molecule has 0 aliphatic carbocycles. The zero-order valence-corrected chi connectivity index (χ0v) is 11.2. The molecule has 1 aromatic rings. The van der Waals surface area contributed by atoms with Gasteiger partial charge in [0, 0.05) is 18.2 Å². The highest BCUT2D eigenvalue weighted by atomic mass is 35.5. The second-order valence-electron chi connectivity index (χ2n) is 3.78. The standard InChI is InChI=1S/C11H10Cl2N2O4/c1-19-11-7(8(13)10(16)14-11)5-3-2-4-6(12)9(5)15(17)18/h2-4,11,15,17H,1H3,(H,14,16)/t11-/m0/s1. The maximum Gasteiger partial charge on any atom is 0.265 e. The van der Waals surface area contributed by atoms with Gasteiger partial charge in [0.05, 0.1) is 0 Å². The van der Waals surface area contributed by atoms with E-state index in [-0.39, 0.29) is 26.9 Å². The average Bonchev–Trinajstić information content (AvgIpc) is 2.64. The predicted molar refractivity (Wildman–Crippen MR) is 68.9 cm³/mol. The fourth-order valence-electron chi connectivity index (χ4n) is 1.89. The number of hydrogen-bond acceptors (Lipinski definition) is 4. The van der Waals surface area contributed by atoms with Crippen LogP contribution in [0.5, 0.6) is 0 Å². The highest BCUT2D eigenvalue weighted by Gasteiger charge is 2.34. The van der Waals surface area contributed by atoms with Gasteiger partial charge in [0.1, 0.15) is 10.1 Å². The molecule has 19 heavy (non-hydrogen) atoms. The number of hydrogen-bond donors (Lipinski definition) is 3. The van der Waals surface area contributed by atoms with Gasteiger partial charge in [-0.2, -0.15) is 5.23 Å². The smallest absolute Gasteiger partial charge is 0.265 e. The van der Waals surface area contributed by atoms with E-state index in [1.807, 2.05) is 0 Å². The van der Waals surface area contributed by atoms with E-state index in [9.17, 15) is 15.2 Å². The number of nitrogens with one attached hydrogen (secondary N) is 2. The van der Waals surface area contributed by atoms with Gasteiger partial charge in [-0.1, -0.05) is 29.3 Å². The van der Waals surface area contributed by atoms with Crippen molar-refractivity contribution in [1.29, 1.82) is 0 Å². The highest BCUT2D eigenvalue weighted by Crippen LogP contribution is 2.36. The molecule has 8 heteroatoms. The number of quaternary nitrogens is 1. The minimum atomic E-state index is -1.20. The zero-order chi connectivity index (χ0) is 14.2. The first-order valence-corrected chi connectivity index (χ1v) is 5.98. The lowest BCUT2D eigenvalue weighted by molar-refractivity contribution is -0.991. The molecule has 102 valence electrons. The number of ether oxygens (including phenoxy) is 1. The van der Waals surface area contributed by atoms with E-state index in [0.29, 0.717) is 0 Å². The molecule has 6 nitrogen and oxygen atoms in total. The van der Waals surface area contributed by atoms with Crippen LogP contribution in [0.2, 0.25) is 5.02 Å². The molecular formula is C11H10Cl2N2O4. The van der Waals surface area contributed by atoms with Crippen LogP contribution in [0.15, 0.2) is 23.2 Å². The molecule has 1 heterocycles. The molecule has 2 atom stereocenters. The highest BCUT2D eigenvalue weighted by molar-refractivity contribution is 6.47. The molecule has 1 aromatic carbocycles. The van der Waals surface area contributed by atoms with Crippen LogP contribution in [-0.2, 0) is 9.53 Å². The lowest BCUT2D eigenvalue weighted by Crippen LogP contribution is -2.99. The van der Waals surface area contributed by atoms with Crippen LogP contribution in [0.25, 0.3) is 5.57 Å². The van der Waals surface area contributed by atoms with Crippen LogP contribution < -0.4 is 10.5 Å². The maximum atomic E-state index is 11.5. The first-order chi connectivity index (χ1) is 8.97. The van der Waals surface area contributed by atoms with Crippen molar-refractivity contribution in [2.24, 2.45) is 0 Å². The maximum absolute atomic E-state index is 11.5. The van der Waals surface area contributed by atoms with Crippen molar-refractivity contribution >= 4 is 40.4 Å². The summed E-state index contributed by atoms with van der Waals surface area (Å²) in [5, 5.41) is 21.8. The number of amides is 1. The molecule has 1 aliphatic rings. The van der Waals surface area contributed by atoms with E-state index in [2.05, 4.69) is 5.32 Å². The van der Waals surface area contributed by atoms with E-state index in [1.54, 1.807) is 6.07 Å². The molecule has 1 amide bonds. The lowest BCUT2D eigenvalue weighted by atomic mass is 10.0. The Morgan fingerprint density at radius 1 is 1.47 bits per heavy atom. The molecular weight excluding hydrogens is 295 g/mol. The molecule has 0 spiro atoms. The summed E-state index contributed by atoms with van der Waals surface area (Å²) in [6.45, 7) is 0. The summed E-state index contributed by atoms with van der Waals surface area (Å²) >= 11 is 11.8. The molecule has 1 unspecified atom stereocenters. The number of carbonyl (C=O) groups is 1. The van der Waals surface area contributed by atoms with Gasteiger partial charge < -0.3 is 15.3 Å². The normalized spacial score (nSPS) is 20.7. The van der Waals surface area contributed by atoms with Crippen LogP contribution in [0.3, 0.4) is 0 Å². The minimum Gasteiger partial charge on any atom is -0.595 e. The van der Waals surface area contributed by atoms with Crippen LogP contribution in [0, 0.1) is 5.21 Å². The van der Waals surface area contributed by atoms with E-state index < -0.39 is 17.4 Å². The van der Waals surface area contributed by atoms with Gasteiger partial charge in [-0.3, -0.25) is 4.79 Å². The Morgan fingerprint density at radius 2 is 2.16 bits per heavy atom. The van der Waals surface area contributed by atoms with Crippen LogP contribution in [0.4, 0.5) is 5.69 Å². The van der Waals surface area contributed by atoms with E-state index >= 15 is 0 Å². The van der Waals surface area contributed by atoms with Gasteiger partial charge in [0.2, 0.25) is 0 Å². The van der Waals surface area contributed by atoms with Crippen molar-refractivity contribution < 1.29 is 20.0 Å². The Balaban J connectivity index is 2.65. The van der Waals surface area contributed by atoms with Gasteiger partial charge in [-0.25, -0.2) is 5.21 Å². The van der Waals surface area contributed by atoms with Crippen molar-refractivity contribution in [3.63, 3.8) is 0 Å². The third-order valence-electron chi connectivity index (χ3n) is 2.71. The van der Waals surface area contributed by atoms with Gasteiger partial charge in [-0.05, 0) is 12.1 Å². The zero-order valence-electron chi connectivity index (χ0n) is 9.74. The van der Waals surface area contributed by atoms with Gasteiger partial charge >= 0.3 is 0 Å². The second-order valence-corrected chi connectivity index (χ2v) is 4.57. The lowest BCUT2D eigenvalue weighted by Gasteiger charge is -2.20. The van der Waals surface area contributed by atoms with Crippen LogP contribution in [-0.4, -0.2) is 24.5 Å². The average molecular weight is 305 g/mol. The van der Waals surface area contributed by atoms with E-state index in [4.69, 9.17) is 27.9 Å². The number of halogens is 2. The molecule has 0 saturated carbocycles. The number of methoxy groups -OCH3 is 1. The summed E-state index contributed by atoms with van der Waals surface area (Å²) in [5.74, 6) is -0.514. The Morgan fingerprint density at radius 3 is 2.74 bits per heavy atom. The Bertz CT molecular complexity index is 560. The molecule has 1 aliphatic heterocycles. The first-order valence-electron chi connectivity index (χ1n) is 5.23. The summed E-state index contributed by atoms with van der Waals surface area (Å²) in [6.07, 6.45) is -0.795. The molecule has 3 N–H and O–H groups in total. The monoisotopic (exact) mass is 304 g/mol. The number of rotatable bonds is 3. The molecule has 2 rings (SSSR count). The fraction of sp³-hybridized carbons (Fsp3) is 0.182. The SMILES string of the molecule is CO[C@@H]1NC(=O)C(Cl)=C1c1cccc(Cl)c1[NH+]([O-])O. The van der Waals surface area contributed by atoms with Crippen molar-refractivity contribution in [2.45, 2.75) is 6.23 Å². The summed E-state index contributed by atoms with van der Waals surface area (Å²) < 4.78 is 5.08. The summed E-state index contributed by atoms with van der Waals surface area (Å²) in [6, 6.07) is 4.56. The second kappa shape index (κ2) is 5.46. The van der Waals surface area contributed by atoms with Gasteiger partial charge in [-0.15, -0.1) is 0 Å². The van der Waals surface area contributed by atoms with Gasteiger partial charge in [0.15, 0.2) is 11.9 Å². The molecule has 0 fully saturated rings. The third-order valence-corrected chi connectivity index (χ3v) is 3.40. The van der Waals surface area contributed by atoms with E-state index in [1.165, 1.54) is 19.2 Å². The molecule has 0 radical (unpaired) electrons. The first kappa shape index (κ1) is 14.3. The van der Waals surface area contributed by atoms with Crippen molar-refractivity contribution in [3.8, 4) is 0 Å². The largest absolute Gasteiger partial charge is 0.595 e. The summed E-state index contributed by atoms with van der Waals surface area (Å²) in [7, 11) is 1.38. The quantitative estimate of drug-likeness (QED) is 0.721. The minimum absolute atomic E-state index is 0.0659. The Hall–Kier alpha value is -1.15. The third kappa shape index (κ3) is 2.46. The molecule has 0 bridgehead atoms. The Kier molecular flexibility index (Phi) is 4.10. The van der Waals surface area contributed by atoms with Crippen molar-refractivity contribution in [2.75, 3.05) is 7.11 Å². The predicted octanol–water partition coefficient (Wildman–Crippen LogP) is 0.796. The number of benzene rings is 1. The van der Waals surface area contributed by atoms with Gasteiger partial charge in [0.25, 0.3) is 5.91 Å². The van der Waals surface area contributed by atoms with Crippen molar-refractivity contribution in [3.05, 3.63) is 39.0 Å². The Labute approximate surface area is 118 Å². The number of para-hydroxylation sites is 1. The fourth-order valence-corrected chi connectivity index (χ4v) is 2.41.